The Hall–Kier alpha value is -2.85. The van der Waals surface area contributed by atoms with Gasteiger partial charge in [0, 0.05) is 21.8 Å². The monoisotopic (exact) mass is 571 g/mol. The van der Waals surface area contributed by atoms with Gasteiger partial charge in [0.05, 0.1) is 0 Å². The van der Waals surface area contributed by atoms with Crippen LogP contribution in [0.15, 0.2) is 97.1 Å². The first kappa shape index (κ1) is 31.7. The first-order valence-electron chi connectivity index (χ1n) is 13.9. The topological polar surface area (TPSA) is 57.5 Å². The van der Waals surface area contributed by atoms with Crippen LogP contribution in [0.4, 0.5) is 0 Å². The Morgan fingerprint density at radius 1 is 0.575 bits per heavy atom. The van der Waals surface area contributed by atoms with E-state index in [0.29, 0.717) is 5.75 Å². The van der Waals surface area contributed by atoms with Crippen molar-refractivity contribution in [2.24, 2.45) is 0 Å². The second kappa shape index (κ2) is 12.8. The quantitative estimate of drug-likeness (QED) is 0.218. The van der Waals surface area contributed by atoms with Crippen LogP contribution in [-0.4, -0.2) is 8.79 Å². The van der Waals surface area contributed by atoms with Gasteiger partial charge in [0.25, 0.3) is 0 Å². The minimum atomic E-state index is -1.75. The van der Waals surface area contributed by atoms with E-state index in [-0.39, 0.29) is 16.7 Å². The molecule has 0 bridgehead atoms. The first-order chi connectivity index (χ1) is 18.8. The molecule has 0 heterocycles. The van der Waals surface area contributed by atoms with E-state index in [9.17, 15) is 5.11 Å². The number of phenolic OH excluding ortho intramolecular Hbond substituents is 1. The van der Waals surface area contributed by atoms with Crippen molar-refractivity contribution < 1.29 is 31.6 Å². The van der Waals surface area contributed by atoms with Crippen molar-refractivity contribution in [3.05, 3.63) is 136 Å². The van der Waals surface area contributed by atoms with Crippen molar-refractivity contribution in [2.45, 2.75) is 77.6 Å². The molecule has 0 saturated carbocycles. The summed E-state index contributed by atoms with van der Waals surface area (Å²) in [5.41, 5.74) is 7.42. The zero-order valence-corrected chi connectivity index (χ0v) is 26.7. The molecule has 0 fully saturated rings. The molecule has 4 aromatic carbocycles. The molecule has 0 spiro atoms. The number of hydrogen-bond acceptors (Lipinski definition) is 2. The van der Waals surface area contributed by atoms with Crippen LogP contribution in [0, 0.1) is 0 Å². The zero-order chi connectivity index (χ0) is 29.7. The van der Waals surface area contributed by atoms with Crippen molar-refractivity contribution in [1.29, 1.82) is 0 Å². The molecule has 0 unspecified atom stereocenters. The maximum absolute atomic E-state index is 11.9. The maximum atomic E-state index is 11.9. The van der Waals surface area contributed by atoms with E-state index in [1.165, 1.54) is 33.4 Å². The molecule has 4 heteroatoms. The summed E-state index contributed by atoms with van der Waals surface area (Å²) in [5.74, 6) is 0.632. The zero-order valence-electron chi connectivity index (χ0n) is 25.1. The molecule has 0 aliphatic rings. The third-order valence-corrected chi connectivity index (χ3v) is 8.32. The third kappa shape index (κ3) is 6.23. The molecule has 4 aromatic rings. The van der Waals surface area contributed by atoms with Gasteiger partial charge < -0.3 is 5.11 Å². The van der Waals surface area contributed by atoms with Crippen LogP contribution in [0.2, 0.25) is 0 Å². The Morgan fingerprint density at radius 2 is 0.875 bits per heavy atom. The van der Waals surface area contributed by atoms with Crippen LogP contribution in [0.1, 0.15) is 100 Å². The van der Waals surface area contributed by atoms with Crippen molar-refractivity contribution in [3.63, 3.8) is 0 Å². The molecule has 0 aromatic heterocycles. The van der Waals surface area contributed by atoms with E-state index in [1.807, 2.05) is 0 Å². The van der Waals surface area contributed by atoms with Gasteiger partial charge in [-0.3, -0.25) is 0 Å². The number of rotatable bonds is 7. The number of phenols is 1. The first-order valence-corrected chi connectivity index (χ1v) is 15.2. The minimum absolute atomic E-state index is 0.253. The molecule has 0 atom stereocenters. The van der Waals surface area contributed by atoms with Gasteiger partial charge in [0.2, 0.25) is 0 Å². The summed E-state index contributed by atoms with van der Waals surface area (Å²) in [4.78, 5) is 0. The average molecular weight is 572 g/mol. The Kier molecular flexibility index (Phi) is 10.1. The Labute approximate surface area is 250 Å². The fraction of sp³-hybridized carbons (Fsp3) is 0.333. The van der Waals surface area contributed by atoms with E-state index in [2.05, 4.69) is 152 Å². The predicted octanol–water partition coefficient (Wildman–Crippen LogP) is 8.82. The summed E-state index contributed by atoms with van der Waals surface area (Å²) in [5, 5.41) is 11.9. The second-order valence-electron chi connectivity index (χ2n) is 12.3. The molecule has 2 N–H and O–H groups in total. The molecule has 0 amide bonds. The molecule has 4 rings (SSSR count). The van der Waals surface area contributed by atoms with Gasteiger partial charge in [0.1, 0.15) is 5.75 Å². The average Bonchev–Trinajstić information content (AvgIpc) is 2.94. The predicted molar refractivity (Wildman–Crippen MR) is 161 cm³/mol. The summed E-state index contributed by atoms with van der Waals surface area (Å²) in [6.07, 6.45) is 0. The molecule has 3 nitrogen and oxygen atoms in total. The number of benzene rings is 4. The van der Waals surface area contributed by atoms with Crippen LogP contribution in [-0.2, 0) is 39.1 Å². The van der Waals surface area contributed by atoms with Gasteiger partial charge in [-0.2, -0.15) is 0 Å². The number of hydrogen-bond donors (Lipinski definition) is 2. The molecular weight excluding hydrogens is 528 g/mol. The van der Waals surface area contributed by atoms with Crippen LogP contribution in [0.25, 0.3) is 0 Å². The van der Waals surface area contributed by atoms with Gasteiger partial charge in [-0.15, -0.1) is 0 Å². The SMILES string of the molecule is CC(C)c1cc(O)c(C(C)(C)c2ccccc2)c(C(C)(C)c2ccccc2)c1C(C)(C)c1ccccc1.[O]=[Ti][OH]. The summed E-state index contributed by atoms with van der Waals surface area (Å²) in [7, 11) is 0. The molecule has 40 heavy (non-hydrogen) atoms. The molecule has 209 valence electrons. The Balaban J connectivity index is 0.00000141. The fourth-order valence-electron chi connectivity index (χ4n) is 6.07. The summed E-state index contributed by atoms with van der Waals surface area (Å²) >= 11 is -1.75. The van der Waals surface area contributed by atoms with E-state index < -0.39 is 24.9 Å². The van der Waals surface area contributed by atoms with Crippen molar-refractivity contribution in [3.8, 4) is 5.75 Å². The van der Waals surface area contributed by atoms with E-state index in [4.69, 9.17) is 7.01 Å². The van der Waals surface area contributed by atoms with Gasteiger partial charge in [-0.1, -0.05) is 146 Å². The fourth-order valence-corrected chi connectivity index (χ4v) is 6.07. The van der Waals surface area contributed by atoms with Crippen molar-refractivity contribution >= 4 is 0 Å². The standard InChI is InChI=1S/C36H42O.H2O.O.Ti/c1-25(2)29-24-30(37)32(35(5,6)27-20-14-10-15-21-27)33(36(7,8)28-22-16-11-17-23-28)31(29)34(3,4)26-18-12-9-13-19-26;;;/h9-25,37H,1-8H3;1H2;;/q;;;+1/p-1. The van der Waals surface area contributed by atoms with Crippen LogP contribution in [0.5, 0.6) is 5.75 Å². The van der Waals surface area contributed by atoms with Crippen LogP contribution < -0.4 is 0 Å². The molecule has 0 radical (unpaired) electrons. The van der Waals surface area contributed by atoms with Gasteiger partial charge in [-0.05, 0) is 45.4 Å². The van der Waals surface area contributed by atoms with Crippen LogP contribution >= 0.6 is 0 Å². The summed E-state index contributed by atoms with van der Waals surface area (Å²) in [6, 6.07) is 34.2. The summed E-state index contributed by atoms with van der Waals surface area (Å²) < 4.78 is 15.8. The van der Waals surface area contributed by atoms with Gasteiger partial charge in [0.15, 0.2) is 0 Å². The van der Waals surface area contributed by atoms with E-state index in [0.717, 1.165) is 5.56 Å². The molecule has 0 aliphatic heterocycles. The van der Waals surface area contributed by atoms with E-state index in [1.54, 1.807) is 0 Å². The molecular formula is C36H43O3Ti. The molecule has 0 aliphatic carbocycles. The van der Waals surface area contributed by atoms with Crippen molar-refractivity contribution in [2.75, 3.05) is 0 Å². The van der Waals surface area contributed by atoms with Crippen LogP contribution in [0.3, 0.4) is 0 Å². The molecule has 0 saturated heterocycles. The second-order valence-corrected chi connectivity index (χ2v) is 12.6. The van der Waals surface area contributed by atoms with Crippen molar-refractivity contribution in [1.82, 2.24) is 0 Å². The Morgan fingerprint density at radius 3 is 1.20 bits per heavy atom. The van der Waals surface area contributed by atoms with E-state index >= 15 is 0 Å². The van der Waals surface area contributed by atoms with Gasteiger partial charge in [-0.25, -0.2) is 0 Å². The normalized spacial score (nSPS) is 11.9. The van der Waals surface area contributed by atoms with Gasteiger partial charge >= 0.3 is 26.5 Å². The Bertz CT molecular complexity index is 1410. The summed E-state index contributed by atoms with van der Waals surface area (Å²) in [6.45, 7) is 18.3. The third-order valence-electron chi connectivity index (χ3n) is 8.32. The number of aromatic hydroxyl groups is 1.